The minimum absolute atomic E-state index is 0.486. The number of carboxylic acid groups (broad SMARTS) is 1. The number of ether oxygens (including phenoxy) is 1. The van der Waals surface area contributed by atoms with Crippen LogP contribution < -0.4 is 10.1 Å². The van der Waals surface area contributed by atoms with Crippen LogP contribution in [0.5, 0.6) is 5.75 Å². The molecule has 1 aliphatic rings. The molecular formula is C23H24N2O4. The van der Waals surface area contributed by atoms with Gasteiger partial charge < -0.3 is 14.9 Å². The van der Waals surface area contributed by atoms with Gasteiger partial charge in [0.05, 0.1) is 6.61 Å². The molecule has 150 valence electrons. The van der Waals surface area contributed by atoms with Crippen LogP contribution in [0, 0.1) is 0 Å². The van der Waals surface area contributed by atoms with Gasteiger partial charge in [-0.3, -0.25) is 15.1 Å². The highest BCUT2D eigenvalue weighted by atomic mass is 16.5. The number of hydrogen-bond donors (Lipinski definition) is 3. The Morgan fingerprint density at radius 1 is 1.14 bits per heavy atom. The SMILES string of the molecule is O=C(O)C1(NC(O)c2ccc3ccccc3c2OCCCc2ccncc2)CC1. The van der Waals surface area contributed by atoms with E-state index in [2.05, 4.69) is 10.3 Å². The number of hydrogen-bond acceptors (Lipinski definition) is 5. The summed E-state index contributed by atoms with van der Waals surface area (Å²) in [5, 5.41) is 24.9. The van der Waals surface area contributed by atoms with Gasteiger partial charge >= 0.3 is 5.97 Å². The van der Waals surface area contributed by atoms with E-state index < -0.39 is 17.7 Å². The summed E-state index contributed by atoms with van der Waals surface area (Å²) >= 11 is 0. The van der Waals surface area contributed by atoms with Crippen LogP contribution in [0.4, 0.5) is 0 Å². The first kappa shape index (κ1) is 19.4. The third kappa shape index (κ3) is 4.23. The summed E-state index contributed by atoms with van der Waals surface area (Å²) < 4.78 is 6.13. The first-order valence-corrected chi connectivity index (χ1v) is 9.82. The molecule has 1 saturated carbocycles. The fourth-order valence-corrected chi connectivity index (χ4v) is 3.52. The maximum Gasteiger partial charge on any atom is 0.323 e. The van der Waals surface area contributed by atoms with Crippen molar-refractivity contribution in [2.24, 2.45) is 0 Å². The van der Waals surface area contributed by atoms with Crippen LogP contribution in [0.2, 0.25) is 0 Å². The molecule has 1 aromatic heterocycles. The van der Waals surface area contributed by atoms with E-state index in [1.54, 1.807) is 18.5 Å². The zero-order valence-corrected chi connectivity index (χ0v) is 16.0. The van der Waals surface area contributed by atoms with Gasteiger partial charge in [-0.15, -0.1) is 0 Å². The van der Waals surface area contributed by atoms with Gasteiger partial charge in [0.1, 0.15) is 17.5 Å². The number of nitrogens with zero attached hydrogens (tertiary/aromatic N) is 1. The highest BCUT2D eigenvalue weighted by Gasteiger charge is 2.51. The molecule has 0 saturated heterocycles. The zero-order valence-electron chi connectivity index (χ0n) is 16.0. The highest BCUT2D eigenvalue weighted by Crippen LogP contribution is 2.40. The van der Waals surface area contributed by atoms with Crippen molar-refractivity contribution in [3.8, 4) is 5.75 Å². The normalized spacial score (nSPS) is 15.8. The molecule has 0 aliphatic heterocycles. The Morgan fingerprint density at radius 2 is 1.90 bits per heavy atom. The van der Waals surface area contributed by atoms with Crippen molar-refractivity contribution in [3.05, 3.63) is 72.1 Å². The molecule has 3 N–H and O–H groups in total. The second-order valence-electron chi connectivity index (χ2n) is 7.45. The molecule has 2 aromatic carbocycles. The summed E-state index contributed by atoms with van der Waals surface area (Å²) in [5.41, 5.74) is 0.713. The lowest BCUT2D eigenvalue weighted by Gasteiger charge is -2.22. The predicted molar refractivity (Wildman–Crippen MR) is 110 cm³/mol. The van der Waals surface area contributed by atoms with Crippen molar-refractivity contribution in [1.82, 2.24) is 10.3 Å². The highest BCUT2D eigenvalue weighted by molar-refractivity contribution is 5.90. The summed E-state index contributed by atoms with van der Waals surface area (Å²) in [4.78, 5) is 15.5. The molecule has 1 aliphatic carbocycles. The van der Waals surface area contributed by atoms with Crippen LogP contribution >= 0.6 is 0 Å². The molecule has 6 heteroatoms. The van der Waals surface area contributed by atoms with Crippen LogP contribution in [0.3, 0.4) is 0 Å². The third-order valence-electron chi connectivity index (χ3n) is 5.38. The molecule has 4 rings (SSSR count). The van der Waals surface area contributed by atoms with E-state index in [9.17, 15) is 15.0 Å². The zero-order chi connectivity index (χ0) is 20.3. The Balaban J connectivity index is 1.53. The monoisotopic (exact) mass is 392 g/mol. The molecule has 6 nitrogen and oxygen atoms in total. The first-order valence-electron chi connectivity index (χ1n) is 9.82. The number of aliphatic hydroxyl groups excluding tert-OH is 1. The van der Waals surface area contributed by atoms with Crippen molar-refractivity contribution in [3.63, 3.8) is 0 Å². The summed E-state index contributed by atoms with van der Waals surface area (Å²) in [7, 11) is 0. The van der Waals surface area contributed by atoms with Crippen molar-refractivity contribution in [1.29, 1.82) is 0 Å². The van der Waals surface area contributed by atoms with E-state index in [0.717, 1.165) is 23.6 Å². The van der Waals surface area contributed by atoms with Crippen LogP contribution in [-0.2, 0) is 11.2 Å². The summed E-state index contributed by atoms with van der Waals surface area (Å²) in [5.74, 6) is -0.337. The minimum atomic E-state index is -1.12. The van der Waals surface area contributed by atoms with E-state index in [1.807, 2.05) is 42.5 Å². The number of nitrogens with one attached hydrogen (secondary N) is 1. The number of aromatic nitrogens is 1. The van der Waals surface area contributed by atoms with Gasteiger partial charge in [0, 0.05) is 23.3 Å². The number of benzene rings is 2. The third-order valence-corrected chi connectivity index (χ3v) is 5.38. The summed E-state index contributed by atoms with van der Waals surface area (Å²) in [6.07, 6.45) is 5.13. The maximum atomic E-state index is 11.5. The predicted octanol–water partition coefficient (Wildman–Crippen LogP) is 3.44. The fourth-order valence-electron chi connectivity index (χ4n) is 3.52. The topological polar surface area (TPSA) is 91.7 Å². The van der Waals surface area contributed by atoms with Gasteiger partial charge in [-0.2, -0.15) is 0 Å². The van der Waals surface area contributed by atoms with Crippen LogP contribution in [0.25, 0.3) is 10.8 Å². The largest absolute Gasteiger partial charge is 0.492 e. The lowest BCUT2D eigenvalue weighted by atomic mass is 10.0. The number of aliphatic hydroxyl groups is 1. The molecule has 1 unspecified atom stereocenters. The quantitative estimate of drug-likeness (QED) is 0.382. The van der Waals surface area contributed by atoms with E-state index in [-0.39, 0.29) is 0 Å². The molecular weight excluding hydrogens is 368 g/mol. The van der Waals surface area contributed by atoms with Crippen LogP contribution in [-0.4, -0.2) is 33.3 Å². The van der Waals surface area contributed by atoms with Crippen LogP contribution in [0.15, 0.2) is 60.9 Å². The second-order valence-corrected chi connectivity index (χ2v) is 7.45. The van der Waals surface area contributed by atoms with Crippen LogP contribution in [0.1, 0.15) is 36.6 Å². The maximum absolute atomic E-state index is 11.5. The fraction of sp³-hybridized carbons (Fsp3) is 0.304. The summed E-state index contributed by atoms with van der Waals surface area (Å²) in [6, 6.07) is 15.5. The number of carboxylic acids is 1. The average molecular weight is 392 g/mol. The molecule has 0 spiro atoms. The number of rotatable bonds is 9. The van der Waals surface area contributed by atoms with E-state index >= 15 is 0 Å². The molecule has 0 radical (unpaired) electrons. The molecule has 1 heterocycles. The summed E-state index contributed by atoms with van der Waals surface area (Å²) in [6.45, 7) is 0.486. The molecule has 29 heavy (non-hydrogen) atoms. The number of aliphatic carboxylic acids is 1. The second kappa shape index (κ2) is 8.19. The molecule has 1 fully saturated rings. The van der Waals surface area contributed by atoms with E-state index in [0.29, 0.717) is 30.8 Å². The van der Waals surface area contributed by atoms with Gasteiger partial charge in [-0.05, 0) is 48.8 Å². The molecule has 1 atom stereocenters. The Kier molecular flexibility index (Phi) is 5.47. The average Bonchev–Trinajstić information content (AvgIpc) is 3.52. The Morgan fingerprint density at radius 3 is 2.62 bits per heavy atom. The van der Waals surface area contributed by atoms with Gasteiger partial charge in [0.25, 0.3) is 0 Å². The van der Waals surface area contributed by atoms with Gasteiger partial charge in [0.2, 0.25) is 0 Å². The van der Waals surface area contributed by atoms with Crippen molar-refractivity contribution >= 4 is 16.7 Å². The van der Waals surface area contributed by atoms with Crippen molar-refractivity contribution in [2.75, 3.05) is 6.61 Å². The molecule has 3 aromatic rings. The lowest BCUT2D eigenvalue weighted by molar-refractivity contribution is -0.142. The minimum Gasteiger partial charge on any atom is -0.492 e. The van der Waals surface area contributed by atoms with Crippen molar-refractivity contribution in [2.45, 2.75) is 37.5 Å². The standard InChI is InChI=1S/C23H24N2O4/c26-21(25-23(11-12-23)22(27)28)19-8-7-17-5-1-2-6-18(17)20(19)29-15-3-4-16-9-13-24-14-10-16/h1-2,5-10,13-14,21,25-26H,3-4,11-12,15H2,(H,27,28). The van der Waals surface area contributed by atoms with Gasteiger partial charge in [-0.1, -0.05) is 36.4 Å². The van der Waals surface area contributed by atoms with E-state index in [4.69, 9.17) is 4.74 Å². The first-order chi connectivity index (χ1) is 14.1. The number of carbonyl (C=O) groups is 1. The van der Waals surface area contributed by atoms with Gasteiger partial charge in [0.15, 0.2) is 0 Å². The number of pyridine rings is 1. The Labute approximate surface area is 169 Å². The van der Waals surface area contributed by atoms with Gasteiger partial charge in [-0.25, -0.2) is 0 Å². The lowest BCUT2D eigenvalue weighted by Crippen LogP contribution is -2.41. The Bertz CT molecular complexity index is 1000. The van der Waals surface area contributed by atoms with Crippen molar-refractivity contribution < 1.29 is 19.7 Å². The Hall–Kier alpha value is -2.96. The number of fused-ring (bicyclic) bond motifs is 1. The molecule has 0 amide bonds. The molecule has 0 bridgehead atoms. The smallest absolute Gasteiger partial charge is 0.323 e. The van der Waals surface area contributed by atoms with E-state index in [1.165, 1.54) is 5.56 Å². The number of aryl methyl sites for hydroxylation is 1.